The molecule has 3 rings (SSSR count). The van der Waals surface area contributed by atoms with E-state index in [9.17, 15) is 0 Å². The van der Waals surface area contributed by atoms with Crippen molar-refractivity contribution in [1.82, 2.24) is 14.5 Å². The molecule has 6 nitrogen and oxygen atoms in total. The van der Waals surface area contributed by atoms with Crippen LogP contribution in [0.5, 0.6) is 0 Å². The number of nitrogens with one attached hydrogen (secondary N) is 2. The molecule has 21 heavy (non-hydrogen) atoms. The van der Waals surface area contributed by atoms with Gasteiger partial charge in [0.15, 0.2) is 0 Å². The first-order chi connectivity index (χ1) is 10.2. The van der Waals surface area contributed by atoms with E-state index >= 15 is 0 Å². The van der Waals surface area contributed by atoms with Crippen molar-refractivity contribution in [3.63, 3.8) is 0 Å². The van der Waals surface area contributed by atoms with Gasteiger partial charge in [0, 0.05) is 30.5 Å². The molecule has 0 aliphatic carbocycles. The highest BCUT2D eigenvalue weighted by Crippen LogP contribution is 2.26. The predicted octanol–water partition coefficient (Wildman–Crippen LogP) is 2.13. The maximum Gasteiger partial charge on any atom is 0.229 e. The average molecular weight is 278 g/mol. The number of para-hydroxylation sites is 1. The first-order valence-corrected chi connectivity index (χ1v) is 6.42. The lowest BCUT2D eigenvalue weighted by Gasteiger charge is -2.20. The van der Waals surface area contributed by atoms with Crippen molar-refractivity contribution in [2.75, 3.05) is 11.9 Å². The molecule has 0 fully saturated rings. The van der Waals surface area contributed by atoms with Crippen molar-refractivity contribution in [3.8, 4) is 0 Å². The predicted molar refractivity (Wildman–Crippen MR) is 82.1 cm³/mol. The Bertz CT molecular complexity index is 853. The summed E-state index contributed by atoms with van der Waals surface area (Å²) in [6, 6.07) is 11.4. The van der Waals surface area contributed by atoms with Crippen LogP contribution < -0.4 is 10.5 Å². The van der Waals surface area contributed by atoms with Crippen LogP contribution in [0, 0.1) is 10.8 Å². The van der Waals surface area contributed by atoms with Crippen LogP contribution in [0.4, 0.5) is 11.5 Å². The molecule has 0 amide bonds. The Morgan fingerprint density at radius 3 is 2.57 bits per heavy atom. The third kappa shape index (κ3) is 2.16. The quantitative estimate of drug-likeness (QED) is 0.569. The number of fused-ring (bicyclic) bond motifs is 1. The Labute approximate surface area is 121 Å². The number of benzene rings is 1. The van der Waals surface area contributed by atoms with Crippen molar-refractivity contribution in [3.05, 3.63) is 54.4 Å². The van der Waals surface area contributed by atoms with E-state index in [1.165, 1.54) is 4.57 Å². The smallest absolute Gasteiger partial charge is 0.229 e. The molecular weight excluding hydrogens is 264 g/mol. The normalized spacial score (nSPS) is 10.5. The highest BCUT2D eigenvalue weighted by molar-refractivity contribution is 5.94. The monoisotopic (exact) mass is 278 g/mol. The minimum absolute atomic E-state index is 0.0274. The Kier molecular flexibility index (Phi) is 3.19. The van der Waals surface area contributed by atoms with Gasteiger partial charge in [-0.2, -0.15) is 4.98 Å². The van der Waals surface area contributed by atoms with Gasteiger partial charge in [0.05, 0.1) is 11.9 Å². The molecule has 0 saturated heterocycles. The van der Waals surface area contributed by atoms with Gasteiger partial charge in [0.2, 0.25) is 5.62 Å². The van der Waals surface area contributed by atoms with Crippen LogP contribution in [0.25, 0.3) is 10.9 Å². The van der Waals surface area contributed by atoms with E-state index in [-0.39, 0.29) is 5.62 Å². The molecule has 3 aromatic rings. The van der Waals surface area contributed by atoms with Crippen LogP contribution >= 0.6 is 0 Å². The van der Waals surface area contributed by atoms with E-state index < -0.39 is 0 Å². The van der Waals surface area contributed by atoms with Crippen molar-refractivity contribution >= 4 is 28.7 Å². The molecule has 6 heteroatoms. The highest BCUT2D eigenvalue weighted by atomic mass is 15.2. The van der Waals surface area contributed by atoms with Gasteiger partial charge in [0.25, 0.3) is 0 Å². The molecular formula is C15H14N6. The molecule has 2 aromatic heterocycles. The Hall–Kier alpha value is -3.02. The standard InChI is InChI=1S/C15H14N6/c1-20(11-6-8-18-9-7-11)14-12-4-2-3-5-13(12)21(10-16)15(17)19-14/h2-10,16-17H,1H3. The zero-order chi connectivity index (χ0) is 14.8. The van der Waals surface area contributed by atoms with Crippen molar-refractivity contribution < 1.29 is 0 Å². The number of nitrogens with zero attached hydrogens (tertiary/aromatic N) is 4. The molecule has 0 saturated carbocycles. The fourth-order valence-electron chi connectivity index (χ4n) is 2.28. The van der Waals surface area contributed by atoms with E-state index in [4.69, 9.17) is 10.8 Å². The SMILES string of the molecule is CN(c1ccncc1)c1nc(=N)n(C=N)c2ccccc12. The zero-order valence-electron chi connectivity index (χ0n) is 11.5. The first kappa shape index (κ1) is 13.0. The van der Waals surface area contributed by atoms with Gasteiger partial charge in [-0.1, -0.05) is 12.1 Å². The van der Waals surface area contributed by atoms with Gasteiger partial charge >= 0.3 is 0 Å². The molecule has 0 aliphatic rings. The van der Waals surface area contributed by atoms with Crippen LogP contribution in [0.15, 0.2) is 48.8 Å². The van der Waals surface area contributed by atoms with Crippen LogP contribution in [-0.2, 0) is 0 Å². The molecule has 2 N–H and O–H groups in total. The minimum Gasteiger partial charge on any atom is -0.329 e. The molecule has 0 unspecified atom stereocenters. The Morgan fingerprint density at radius 1 is 1.14 bits per heavy atom. The second-order valence-corrected chi connectivity index (χ2v) is 4.54. The van der Waals surface area contributed by atoms with Gasteiger partial charge in [-0.3, -0.25) is 20.4 Å². The maximum absolute atomic E-state index is 8.01. The lowest BCUT2D eigenvalue weighted by atomic mass is 10.2. The van der Waals surface area contributed by atoms with Gasteiger partial charge < -0.3 is 4.90 Å². The van der Waals surface area contributed by atoms with E-state index in [0.717, 1.165) is 22.9 Å². The zero-order valence-corrected chi connectivity index (χ0v) is 11.5. The fraction of sp³-hybridized carbons (Fsp3) is 0.0667. The third-order valence-corrected chi connectivity index (χ3v) is 3.34. The number of anilines is 2. The fourth-order valence-corrected chi connectivity index (χ4v) is 2.28. The summed E-state index contributed by atoms with van der Waals surface area (Å²) >= 11 is 0. The number of aromatic nitrogens is 3. The highest BCUT2D eigenvalue weighted by Gasteiger charge is 2.12. The molecule has 1 aromatic carbocycles. The summed E-state index contributed by atoms with van der Waals surface area (Å²) in [5, 5.41) is 16.4. The van der Waals surface area contributed by atoms with E-state index in [0.29, 0.717) is 5.82 Å². The minimum atomic E-state index is 0.0274. The number of hydrogen-bond donors (Lipinski definition) is 2. The topological polar surface area (TPSA) is 81.7 Å². The van der Waals surface area contributed by atoms with Crippen LogP contribution in [-0.4, -0.2) is 27.9 Å². The average Bonchev–Trinajstić information content (AvgIpc) is 2.54. The second kappa shape index (κ2) is 5.16. The van der Waals surface area contributed by atoms with E-state index in [1.807, 2.05) is 48.3 Å². The van der Waals surface area contributed by atoms with Crippen molar-refractivity contribution in [2.45, 2.75) is 0 Å². The largest absolute Gasteiger partial charge is 0.329 e. The molecule has 0 radical (unpaired) electrons. The summed E-state index contributed by atoms with van der Waals surface area (Å²) in [4.78, 5) is 10.3. The molecule has 104 valence electrons. The Morgan fingerprint density at radius 2 is 1.86 bits per heavy atom. The summed E-state index contributed by atoms with van der Waals surface area (Å²) in [7, 11) is 1.90. The summed E-state index contributed by atoms with van der Waals surface area (Å²) in [6.07, 6.45) is 4.54. The lowest BCUT2D eigenvalue weighted by molar-refractivity contribution is 0.915. The Balaban J connectivity index is 2.29. The van der Waals surface area contributed by atoms with Gasteiger partial charge in [0.1, 0.15) is 5.82 Å². The second-order valence-electron chi connectivity index (χ2n) is 4.54. The maximum atomic E-state index is 8.01. The van der Waals surface area contributed by atoms with Crippen LogP contribution in [0.1, 0.15) is 0 Å². The van der Waals surface area contributed by atoms with E-state index in [2.05, 4.69) is 9.97 Å². The van der Waals surface area contributed by atoms with Crippen molar-refractivity contribution in [2.24, 2.45) is 0 Å². The summed E-state index contributed by atoms with van der Waals surface area (Å²) in [6.45, 7) is 0. The molecule has 2 heterocycles. The summed E-state index contributed by atoms with van der Waals surface area (Å²) in [5.41, 5.74) is 1.75. The molecule has 0 spiro atoms. The number of pyridine rings is 1. The van der Waals surface area contributed by atoms with Gasteiger partial charge in [-0.05, 0) is 24.3 Å². The summed E-state index contributed by atoms with van der Waals surface area (Å²) in [5.74, 6) is 0.680. The van der Waals surface area contributed by atoms with Crippen LogP contribution in [0.2, 0.25) is 0 Å². The van der Waals surface area contributed by atoms with Gasteiger partial charge in [-0.25, -0.2) is 0 Å². The number of hydrogen-bond acceptors (Lipinski definition) is 5. The molecule has 0 atom stereocenters. The number of rotatable bonds is 3. The molecule has 0 aliphatic heterocycles. The first-order valence-electron chi connectivity index (χ1n) is 6.42. The molecule has 0 bridgehead atoms. The van der Waals surface area contributed by atoms with E-state index in [1.54, 1.807) is 12.4 Å². The lowest BCUT2D eigenvalue weighted by Crippen LogP contribution is -2.26. The van der Waals surface area contributed by atoms with Crippen molar-refractivity contribution in [1.29, 1.82) is 10.8 Å². The van der Waals surface area contributed by atoms with Crippen LogP contribution in [0.3, 0.4) is 0 Å². The van der Waals surface area contributed by atoms with Gasteiger partial charge in [-0.15, -0.1) is 0 Å². The third-order valence-electron chi connectivity index (χ3n) is 3.34. The summed E-state index contributed by atoms with van der Waals surface area (Å²) < 4.78 is 1.44.